The van der Waals surface area contributed by atoms with Crippen LogP contribution < -0.4 is 0 Å². The van der Waals surface area contributed by atoms with Gasteiger partial charge in [0.15, 0.2) is 0 Å². The molecule has 1 aromatic carbocycles. The zero-order valence-corrected chi connectivity index (χ0v) is 9.67. The molecule has 0 fully saturated rings. The first kappa shape index (κ1) is 11.1. The number of hydrogen-bond donors (Lipinski definition) is 0. The lowest BCUT2D eigenvalue weighted by Gasteiger charge is -2.09. The van der Waals surface area contributed by atoms with Crippen LogP contribution in [0.15, 0.2) is 18.2 Å². The summed E-state index contributed by atoms with van der Waals surface area (Å²) in [5.74, 6) is -0.00282. The predicted octanol–water partition coefficient (Wildman–Crippen LogP) is 2.83. The Balaban J connectivity index is 3.20. The normalized spacial score (nSPS) is 12.2. The summed E-state index contributed by atoms with van der Waals surface area (Å²) < 4.78 is 0. The van der Waals surface area contributed by atoms with Gasteiger partial charge < -0.3 is 0 Å². The van der Waals surface area contributed by atoms with Crippen molar-refractivity contribution in [2.75, 3.05) is 0 Å². The van der Waals surface area contributed by atoms with E-state index in [2.05, 4.69) is 15.9 Å². The summed E-state index contributed by atoms with van der Waals surface area (Å²) in [6.45, 7) is 3.40. The second kappa shape index (κ2) is 4.51. The van der Waals surface area contributed by atoms with Crippen molar-refractivity contribution in [1.29, 1.82) is 0 Å². The molecule has 0 amide bonds. The molecule has 0 aliphatic carbocycles. The SMILES string of the molecule is CC(=O)C(Br)c1ccc(C)cc1C=O. The van der Waals surface area contributed by atoms with Crippen LogP contribution in [0, 0.1) is 6.92 Å². The van der Waals surface area contributed by atoms with E-state index < -0.39 is 0 Å². The number of aryl methyl sites for hydroxylation is 1. The summed E-state index contributed by atoms with van der Waals surface area (Å²) in [6, 6.07) is 5.47. The Labute approximate surface area is 91.4 Å². The molecule has 1 aromatic rings. The third-order valence-electron chi connectivity index (χ3n) is 2.00. The third kappa shape index (κ3) is 2.29. The Kier molecular flexibility index (Phi) is 3.58. The lowest BCUT2D eigenvalue weighted by molar-refractivity contribution is -0.116. The lowest BCUT2D eigenvalue weighted by atomic mass is 10.0. The highest BCUT2D eigenvalue weighted by atomic mass is 79.9. The number of rotatable bonds is 3. The Bertz CT molecular complexity index is 372. The fourth-order valence-corrected chi connectivity index (χ4v) is 1.66. The van der Waals surface area contributed by atoms with Crippen LogP contribution in [0.4, 0.5) is 0 Å². The number of carbonyl (C=O) groups excluding carboxylic acids is 2. The minimum Gasteiger partial charge on any atom is -0.298 e. The minimum atomic E-state index is -0.386. The largest absolute Gasteiger partial charge is 0.298 e. The monoisotopic (exact) mass is 254 g/mol. The summed E-state index contributed by atoms with van der Waals surface area (Å²) in [4.78, 5) is 21.5. The molecule has 0 aromatic heterocycles. The van der Waals surface area contributed by atoms with Gasteiger partial charge in [-0.2, -0.15) is 0 Å². The Morgan fingerprint density at radius 3 is 2.64 bits per heavy atom. The van der Waals surface area contributed by atoms with E-state index in [1.165, 1.54) is 6.92 Å². The van der Waals surface area contributed by atoms with Gasteiger partial charge in [0.2, 0.25) is 0 Å². The highest BCUT2D eigenvalue weighted by molar-refractivity contribution is 9.09. The summed E-state index contributed by atoms with van der Waals surface area (Å²) in [7, 11) is 0. The van der Waals surface area contributed by atoms with E-state index in [1.54, 1.807) is 12.1 Å². The van der Waals surface area contributed by atoms with Crippen molar-refractivity contribution >= 4 is 28.0 Å². The van der Waals surface area contributed by atoms with Crippen LogP contribution in [-0.4, -0.2) is 12.1 Å². The molecule has 14 heavy (non-hydrogen) atoms. The van der Waals surface area contributed by atoms with Crippen LogP contribution in [-0.2, 0) is 4.79 Å². The van der Waals surface area contributed by atoms with Crippen LogP contribution in [0.5, 0.6) is 0 Å². The van der Waals surface area contributed by atoms with E-state index in [0.717, 1.165) is 17.4 Å². The van der Waals surface area contributed by atoms with Crippen molar-refractivity contribution in [3.05, 3.63) is 34.9 Å². The van der Waals surface area contributed by atoms with Crippen LogP contribution in [0.25, 0.3) is 0 Å². The molecule has 74 valence electrons. The summed E-state index contributed by atoms with van der Waals surface area (Å²) in [5.41, 5.74) is 2.32. The number of alkyl halides is 1. The molecule has 0 radical (unpaired) electrons. The van der Waals surface area contributed by atoms with Crippen LogP contribution in [0.1, 0.15) is 33.2 Å². The maximum Gasteiger partial charge on any atom is 0.150 e. The number of hydrogen-bond acceptors (Lipinski definition) is 2. The van der Waals surface area contributed by atoms with Gasteiger partial charge in [0, 0.05) is 5.56 Å². The zero-order valence-electron chi connectivity index (χ0n) is 8.08. The summed E-state index contributed by atoms with van der Waals surface area (Å²) >= 11 is 3.26. The Morgan fingerprint density at radius 1 is 1.50 bits per heavy atom. The predicted molar refractivity (Wildman–Crippen MR) is 58.9 cm³/mol. The molecule has 0 bridgehead atoms. The van der Waals surface area contributed by atoms with E-state index >= 15 is 0 Å². The quantitative estimate of drug-likeness (QED) is 0.614. The van der Waals surface area contributed by atoms with Gasteiger partial charge >= 0.3 is 0 Å². The molecule has 1 rings (SSSR count). The smallest absolute Gasteiger partial charge is 0.150 e. The van der Waals surface area contributed by atoms with Crippen molar-refractivity contribution in [3.8, 4) is 0 Å². The van der Waals surface area contributed by atoms with Gasteiger partial charge in [-0.25, -0.2) is 0 Å². The summed E-state index contributed by atoms with van der Waals surface area (Å²) in [5, 5.41) is 0. The molecule has 0 spiro atoms. The molecule has 0 aliphatic heterocycles. The first-order valence-electron chi connectivity index (χ1n) is 4.26. The van der Waals surface area contributed by atoms with E-state index in [-0.39, 0.29) is 10.6 Å². The second-order valence-electron chi connectivity index (χ2n) is 3.22. The van der Waals surface area contributed by atoms with Crippen molar-refractivity contribution in [1.82, 2.24) is 0 Å². The van der Waals surface area contributed by atoms with Gasteiger partial charge in [-0.05, 0) is 25.5 Å². The maximum absolute atomic E-state index is 11.1. The zero-order chi connectivity index (χ0) is 10.7. The van der Waals surface area contributed by atoms with Gasteiger partial charge in [0.05, 0.1) is 4.83 Å². The standard InChI is InChI=1S/C11H11BrO2/c1-7-3-4-10(9(5-7)6-13)11(12)8(2)14/h3-6,11H,1-2H3. The maximum atomic E-state index is 11.1. The average Bonchev–Trinajstić information content (AvgIpc) is 2.16. The Morgan fingerprint density at radius 2 is 2.14 bits per heavy atom. The molecule has 0 heterocycles. The molecule has 0 aliphatic rings. The van der Waals surface area contributed by atoms with Gasteiger partial charge in [0.1, 0.15) is 12.1 Å². The molecule has 0 saturated heterocycles. The van der Waals surface area contributed by atoms with Gasteiger partial charge in [-0.1, -0.05) is 33.6 Å². The molecule has 1 unspecified atom stereocenters. The molecule has 1 atom stereocenters. The molecule has 0 saturated carbocycles. The number of aldehydes is 1. The van der Waals surface area contributed by atoms with Gasteiger partial charge in [0.25, 0.3) is 0 Å². The average molecular weight is 255 g/mol. The van der Waals surface area contributed by atoms with E-state index in [9.17, 15) is 9.59 Å². The van der Waals surface area contributed by atoms with Crippen LogP contribution >= 0.6 is 15.9 Å². The van der Waals surface area contributed by atoms with E-state index in [4.69, 9.17) is 0 Å². The van der Waals surface area contributed by atoms with E-state index in [0.29, 0.717) is 5.56 Å². The first-order chi connectivity index (χ1) is 6.56. The fourth-order valence-electron chi connectivity index (χ4n) is 1.25. The second-order valence-corrected chi connectivity index (χ2v) is 4.14. The fraction of sp³-hybridized carbons (Fsp3) is 0.273. The van der Waals surface area contributed by atoms with Crippen LogP contribution in [0.3, 0.4) is 0 Å². The molecule has 3 heteroatoms. The molecule has 2 nitrogen and oxygen atoms in total. The van der Waals surface area contributed by atoms with Crippen molar-refractivity contribution in [3.63, 3.8) is 0 Å². The highest BCUT2D eigenvalue weighted by Gasteiger charge is 2.15. The van der Waals surface area contributed by atoms with E-state index in [1.807, 2.05) is 13.0 Å². The summed E-state index contributed by atoms with van der Waals surface area (Å²) in [6.07, 6.45) is 0.777. The molecular formula is C11H11BrO2. The van der Waals surface area contributed by atoms with Crippen molar-refractivity contribution in [2.24, 2.45) is 0 Å². The highest BCUT2D eigenvalue weighted by Crippen LogP contribution is 2.26. The third-order valence-corrected chi connectivity index (χ3v) is 3.14. The number of carbonyl (C=O) groups is 2. The lowest BCUT2D eigenvalue weighted by Crippen LogP contribution is -2.04. The van der Waals surface area contributed by atoms with Crippen molar-refractivity contribution in [2.45, 2.75) is 18.7 Å². The number of ketones is 1. The molecular weight excluding hydrogens is 244 g/mol. The minimum absolute atomic E-state index is 0.00282. The van der Waals surface area contributed by atoms with Crippen molar-refractivity contribution < 1.29 is 9.59 Å². The topological polar surface area (TPSA) is 34.1 Å². The molecule has 0 N–H and O–H groups in total. The number of benzene rings is 1. The van der Waals surface area contributed by atoms with Gasteiger partial charge in [-0.15, -0.1) is 0 Å². The number of halogens is 1. The Hall–Kier alpha value is -0.960. The van der Waals surface area contributed by atoms with Crippen LogP contribution in [0.2, 0.25) is 0 Å². The first-order valence-corrected chi connectivity index (χ1v) is 5.18. The number of Topliss-reactive ketones (excluding diaryl/α,β-unsaturated/α-hetero) is 1. The van der Waals surface area contributed by atoms with Gasteiger partial charge in [-0.3, -0.25) is 9.59 Å².